The Labute approximate surface area is 108 Å². The Morgan fingerprint density at radius 2 is 2.06 bits per heavy atom. The summed E-state index contributed by atoms with van der Waals surface area (Å²) in [6.45, 7) is 3.95. The molecule has 1 atom stereocenters. The molecule has 3 N–H and O–H groups in total. The second-order valence-electron chi connectivity index (χ2n) is 3.91. The van der Waals surface area contributed by atoms with Gasteiger partial charge in [-0.05, 0) is 31.0 Å². The summed E-state index contributed by atoms with van der Waals surface area (Å²) in [6.07, 6.45) is 3.05. The van der Waals surface area contributed by atoms with Crippen LogP contribution in [0.1, 0.15) is 43.4 Å². The molecule has 4 heteroatoms. The summed E-state index contributed by atoms with van der Waals surface area (Å²) in [5, 5.41) is 10.5. The summed E-state index contributed by atoms with van der Waals surface area (Å²) in [6, 6.07) is 3.37. The largest absolute Gasteiger partial charge is 0.507 e. The number of phenolic OH excluding ortho intramolecular Hbond substituents is 1. The van der Waals surface area contributed by atoms with Crippen LogP contribution in [-0.2, 0) is 0 Å². The van der Waals surface area contributed by atoms with Crippen molar-refractivity contribution in [1.82, 2.24) is 0 Å². The molecular formula is C12H19Cl2NO. The molecule has 1 aromatic carbocycles. The highest BCUT2D eigenvalue weighted by atomic mass is 35.5. The molecule has 0 spiro atoms. The zero-order valence-electron chi connectivity index (χ0n) is 9.66. The maximum Gasteiger partial charge on any atom is 0.123 e. The number of aromatic hydroxyl groups is 1. The Hall–Kier alpha value is -0.440. The molecule has 92 valence electrons. The van der Waals surface area contributed by atoms with Crippen molar-refractivity contribution >= 4 is 24.0 Å². The SMILES string of the molecule is CCCC[C@@H](N)c1cc(Cl)cc(C)c1O.Cl. The Kier molecular flexibility index (Phi) is 6.81. The van der Waals surface area contributed by atoms with Gasteiger partial charge in [0.15, 0.2) is 0 Å². The van der Waals surface area contributed by atoms with E-state index in [1.807, 2.05) is 6.92 Å². The summed E-state index contributed by atoms with van der Waals surface area (Å²) in [5.41, 5.74) is 7.54. The smallest absolute Gasteiger partial charge is 0.123 e. The van der Waals surface area contributed by atoms with E-state index in [1.165, 1.54) is 0 Å². The van der Waals surface area contributed by atoms with E-state index in [-0.39, 0.29) is 24.2 Å². The number of hydrogen-bond acceptors (Lipinski definition) is 2. The molecule has 1 rings (SSSR count). The van der Waals surface area contributed by atoms with Gasteiger partial charge >= 0.3 is 0 Å². The second kappa shape index (κ2) is 7.00. The summed E-state index contributed by atoms with van der Waals surface area (Å²) < 4.78 is 0. The van der Waals surface area contributed by atoms with E-state index in [0.29, 0.717) is 5.02 Å². The molecular weight excluding hydrogens is 245 g/mol. The van der Waals surface area contributed by atoms with Gasteiger partial charge in [-0.2, -0.15) is 0 Å². The van der Waals surface area contributed by atoms with Crippen LogP contribution in [0.3, 0.4) is 0 Å². The molecule has 2 nitrogen and oxygen atoms in total. The van der Waals surface area contributed by atoms with Crippen LogP contribution in [0.4, 0.5) is 0 Å². The highest BCUT2D eigenvalue weighted by Gasteiger charge is 2.13. The first-order valence-corrected chi connectivity index (χ1v) is 5.68. The van der Waals surface area contributed by atoms with E-state index in [1.54, 1.807) is 12.1 Å². The normalized spacial score (nSPS) is 12.0. The lowest BCUT2D eigenvalue weighted by Gasteiger charge is -2.15. The van der Waals surface area contributed by atoms with Gasteiger partial charge < -0.3 is 10.8 Å². The molecule has 0 aromatic heterocycles. The Balaban J connectivity index is 0.00000225. The van der Waals surface area contributed by atoms with Crippen LogP contribution >= 0.6 is 24.0 Å². The molecule has 1 aromatic rings. The number of unbranched alkanes of at least 4 members (excludes halogenated alkanes) is 1. The van der Waals surface area contributed by atoms with E-state index >= 15 is 0 Å². The van der Waals surface area contributed by atoms with Crippen molar-refractivity contribution in [3.05, 3.63) is 28.3 Å². The van der Waals surface area contributed by atoms with Gasteiger partial charge in [0.05, 0.1) is 0 Å². The van der Waals surface area contributed by atoms with Crippen LogP contribution in [-0.4, -0.2) is 5.11 Å². The third kappa shape index (κ3) is 3.85. The fraction of sp³-hybridized carbons (Fsp3) is 0.500. The predicted molar refractivity (Wildman–Crippen MR) is 71.6 cm³/mol. The predicted octanol–water partition coefficient (Wildman–Crippen LogP) is 3.97. The number of aryl methyl sites for hydroxylation is 1. The summed E-state index contributed by atoms with van der Waals surface area (Å²) >= 11 is 5.93. The van der Waals surface area contributed by atoms with Crippen LogP contribution in [0, 0.1) is 6.92 Å². The molecule has 0 aliphatic carbocycles. The average molecular weight is 264 g/mol. The van der Waals surface area contributed by atoms with Crippen LogP contribution in [0.2, 0.25) is 5.02 Å². The minimum absolute atomic E-state index is 0. The van der Waals surface area contributed by atoms with Crippen LogP contribution in [0.25, 0.3) is 0 Å². The number of phenols is 1. The van der Waals surface area contributed by atoms with Gasteiger partial charge in [-0.1, -0.05) is 31.4 Å². The van der Waals surface area contributed by atoms with Crippen molar-refractivity contribution in [2.45, 2.75) is 39.2 Å². The van der Waals surface area contributed by atoms with Crippen molar-refractivity contribution in [3.8, 4) is 5.75 Å². The van der Waals surface area contributed by atoms with E-state index in [0.717, 1.165) is 30.4 Å². The fourth-order valence-electron chi connectivity index (χ4n) is 1.62. The summed E-state index contributed by atoms with van der Waals surface area (Å²) in [7, 11) is 0. The fourth-order valence-corrected chi connectivity index (χ4v) is 1.90. The monoisotopic (exact) mass is 263 g/mol. The summed E-state index contributed by atoms with van der Waals surface area (Å²) in [4.78, 5) is 0. The lowest BCUT2D eigenvalue weighted by Crippen LogP contribution is -2.10. The van der Waals surface area contributed by atoms with Crippen molar-refractivity contribution in [1.29, 1.82) is 0 Å². The van der Waals surface area contributed by atoms with E-state index in [4.69, 9.17) is 17.3 Å². The first kappa shape index (κ1) is 15.6. The number of hydrogen-bond donors (Lipinski definition) is 2. The van der Waals surface area contributed by atoms with Crippen LogP contribution < -0.4 is 5.73 Å². The zero-order valence-corrected chi connectivity index (χ0v) is 11.2. The first-order valence-electron chi connectivity index (χ1n) is 5.30. The molecule has 0 radical (unpaired) electrons. The van der Waals surface area contributed by atoms with Gasteiger partial charge in [-0.3, -0.25) is 0 Å². The Morgan fingerprint density at radius 1 is 1.44 bits per heavy atom. The van der Waals surface area contributed by atoms with Gasteiger partial charge in [0.1, 0.15) is 5.75 Å². The standard InChI is InChI=1S/C12H18ClNO.ClH/c1-3-4-5-11(14)10-7-9(13)6-8(2)12(10)15;/h6-7,11,15H,3-5,14H2,1-2H3;1H/t11-;/m1./s1. The van der Waals surface area contributed by atoms with Gasteiger partial charge in [-0.25, -0.2) is 0 Å². The highest BCUT2D eigenvalue weighted by molar-refractivity contribution is 6.30. The highest BCUT2D eigenvalue weighted by Crippen LogP contribution is 2.31. The molecule has 0 amide bonds. The zero-order chi connectivity index (χ0) is 11.4. The Bertz CT molecular complexity index is 342. The molecule has 0 heterocycles. The topological polar surface area (TPSA) is 46.2 Å². The minimum Gasteiger partial charge on any atom is -0.507 e. The average Bonchev–Trinajstić information content (AvgIpc) is 2.19. The van der Waals surface area contributed by atoms with E-state index < -0.39 is 0 Å². The number of halogens is 2. The second-order valence-corrected chi connectivity index (χ2v) is 4.35. The van der Waals surface area contributed by atoms with Crippen molar-refractivity contribution in [2.75, 3.05) is 0 Å². The first-order chi connectivity index (χ1) is 7.06. The van der Waals surface area contributed by atoms with Crippen LogP contribution in [0.5, 0.6) is 5.75 Å². The van der Waals surface area contributed by atoms with Crippen molar-refractivity contribution in [3.63, 3.8) is 0 Å². The molecule has 0 saturated heterocycles. The summed E-state index contributed by atoms with van der Waals surface area (Å²) in [5.74, 6) is 0.281. The molecule has 0 unspecified atom stereocenters. The van der Waals surface area contributed by atoms with Crippen molar-refractivity contribution < 1.29 is 5.11 Å². The Morgan fingerprint density at radius 3 is 2.62 bits per heavy atom. The van der Waals surface area contributed by atoms with Crippen LogP contribution in [0.15, 0.2) is 12.1 Å². The number of benzene rings is 1. The van der Waals surface area contributed by atoms with E-state index in [2.05, 4.69) is 6.92 Å². The molecule has 0 aliphatic heterocycles. The van der Waals surface area contributed by atoms with Gasteiger partial charge in [0.2, 0.25) is 0 Å². The minimum atomic E-state index is -0.123. The molecule has 0 saturated carbocycles. The maximum absolute atomic E-state index is 9.85. The lowest BCUT2D eigenvalue weighted by molar-refractivity contribution is 0.452. The van der Waals surface area contributed by atoms with Gasteiger partial charge in [0, 0.05) is 16.6 Å². The van der Waals surface area contributed by atoms with Gasteiger partial charge in [-0.15, -0.1) is 12.4 Å². The van der Waals surface area contributed by atoms with Gasteiger partial charge in [0.25, 0.3) is 0 Å². The molecule has 0 aliphatic rings. The van der Waals surface area contributed by atoms with E-state index in [9.17, 15) is 5.11 Å². The third-order valence-electron chi connectivity index (χ3n) is 2.56. The quantitative estimate of drug-likeness (QED) is 0.864. The number of rotatable bonds is 4. The third-order valence-corrected chi connectivity index (χ3v) is 2.78. The maximum atomic E-state index is 9.85. The lowest BCUT2D eigenvalue weighted by atomic mass is 9.99. The molecule has 0 fully saturated rings. The molecule has 16 heavy (non-hydrogen) atoms. The number of nitrogens with two attached hydrogens (primary N) is 1. The molecule has 0 bridgehead atoms. The van der Waals surface area contributed by atoms with Crippen molar-refractivity contribution in [2.24, 2.45) is 5.73 Å².